The molecule has 0 radical (unpaired) electrons. The third kappa shape index (κ3) is 2.00. The number of carbonyl (C=O) groups excluding carboxylic acids is 1. The van der Waals surface area contributed by atoms with Crippen LogP contribution in [0.5, 0.6) is 0 Å². The van der Waals surface area contributed by atoms with Gasteiger partial charge in [0.05, 0.1) is 6.54 Å². The van der Waals surface area contributed by atoms with E-state index < -0.39 is 5.67 Å². The van der Waals surface area contributed by atoms with Crippen molar-refractivity contribution >= 4 is 5.91 Å². The molecule has 1 heterocycles. The van der Waals surface area contributed by atoms with Crippen molar-refractivity contribution in [3.63, 3.8) is 0 Å². The van der Waals surface area contributed by atoms with Crippen LogP contribution >= 0.6 is 0 Å². The van der Waals surface area contributed by atoms with Crippen molar-refractivity contribution in [3.8, 4) is 0 Å². The van der Waals surface area contributed by atoms with Gasteiger partial charge in [-0.2, -0.15) is 0 Å². The van der Waals surface area contributed by atoms with Crippen molar-refractivity contribution in [3.05, 3.63) is 35.4 Å². The van der Waals surface area contributed by atoms with E-state index in [-0.39, 0.29) is 5.91 Å². The summed E-state index contributed by atoms with van der Waals surface area (Å²) in [5.41, 5.74) is -0.205. The Morgan fingerprint density at radius 3 is 2.62 bits per heavy atom. The first-order valence-corrected chi connectivity index (χ1v) is 5.76. The summed E-state index contributed by atoms with van der Waals surface area (Å²) in [7, 11) is 0. The van der Waals surface area contributed by atoms with Crippen LogP contribution in [0.25, 0.3) is 0 Å². The van der Waals surface area contributed by atoms with Crippen LogP contribution in [0.2, 0.25) is 0 Å². The molecule has 1 amide bonds. The number of quaternary nitrogens is 1. The van der Waals surface area contributed by atoms with Crippen LogP contribution in [0.15, 0.2) is 24.3 Å². The highest BCUT2D eigenvalue weighted by molar-refractivity contribution is 5.78. The van der Waals surface area contributed by atoms with Crippen molar-refractivity contribution in [2.24, 2.45) is 0 Å². The molecule has 0 saturated carbocycles. The molecule has 1 atom stereocenters. The van der Waals surface area contributed by atoms with E-state index in [2.05, 4.69) is 0 Å². The predicted octanol–water partition coefficient (Wildman–Crippen LogP) is 1.43. The molecule has 1 aliphatic heterocycles. The maximum Gasteiger partial charge on any atom is 0.352 e. The highest BCUT2D eigenvalue weighted by Crippen LogP contribution is 2.32. The number of hydrogen-bond donors (Lipinski definition) is 1. The van der Waals surface area contributed by atoms with E-state index in [1.165, 1.54) is 5.32 Å². The Kier molecular flexibility index (Phi) is 3.06. The molecule has 0 aliphatic carbocycles. The van der Waals surface area contributed by atoms with Gasteiger partial charge in [0.1, 0.15) is 0 Å². The number of benzene rings is 1. The lowest BCUT2D eigenvalue weighted by molar-refractivity contribution is -0.573. The third-order valence-electron chi connectivity index (χ3n) is 3.20. The third-order valence-corrected chi connectivity index (χ3v) is 3.20. The van der Waals surface area contributed by atoms with Gasteiger partial charge in [-0.15, -0.1) is 0 Å². The summed E-state index contributed by atoms with van der Waals surface area (Å²) < 4.78 is 14.7. The number of alkyl halides is 1. The summed E-state index contributed by atoms with van der Waals surface area (Å²) in [6.45, 7) is 2.66. The Morgan fingerprint density at radius 2 is 1.94 bits per heavy atom. The minimum atomic E-state index is -1.79. The van der Waals surface area contributed by atoms with Crippen molar-refractivity contribution < 1.29 is 14.5 Å². The maximum absolute atomic E-state index is 14.7. The van der Waals surface area contributed by atoms with Gasteiger partial charge in [-0.25, -0.2) is 9.18 Å². The van der Waals surface area contributed by atoms with Gasteiger partial charge in [-0.3, -0.25) is 5.32 Å². The van der Waals surface area contributed by atoms with Gasteiger partial charge in [-0.05, 0) is 26.2 Å². The van der Waals surface area contributed by atoms with Crippen molar-refractivity contribution in [2.45, 2.75) is 31.9 Å². The molecule has 1 aliphatic rings. The van der Waals surface area contributed by atoms with Gasteiger partial charge in [0.2, 0.25) is 5.67 Å². The molecule has 1 saturated heterocycles. The summed E-state index contributed by atoms with van der Waals surface area (Å²) in [6, 6.07) is 7.17. The van der Waals surface area contributed by atoms with Gasteiger partial charge in [-0.1, -0.05) is 29.8 Å². The molecule has 16 heavy (non-hydrogen) atoms. The number of hydrogen-bond acceptors (Lipinski definition) is 1. The molecular weight excluding hydrogens is 205 g/mol. The second kappa shape index (κ2) is 4.34. The summed E-state index contributed by atoms with van der Waals surface area (Å²) in [6.07, 6.45) is 1.99. The number of rotatable bonds is 1. The minimum Gasteiger partial charge on any atom is -0.280 e. The molecular formula is C13H17FNO+. The first-order chi connectivity index (χ1) is 7.63. The van der Waals surface area contributed by atoms with Crippen LogP contribution in [-0.4, -0.2) is 12.5 Å². The quantitative estimate of drug-likeness (QED) is 0.766. The second-order valence-electron chi connectivity index (χ2n) is 4.48. The van der Waals surface area contributed by atoms with E-state index in [0.717, 1.165) is 18.4 Å². The fourth-order valence-electron chi connectivity index (χ4n) is 2.14. The van der Waals surface area contributed by atoms with Gasteiger partial charge in [0, 0.05) is 5.56 Å². The molecule has 86 valence electrons. The molecule has 1 unspecified atom stereocenters. The average Bonchev–Trinajstić information content (AvgIpc) is 2.44. The Bertz CT molecular complexity index is 387. The molecule has 2 rings (SSSR count). The van der Waals surface area contributed by atoms with E-state index in [9.17, 15) is 9.18 Å². The van der Waals surface area contributed by atoms with Gasteiger partial charge in [0.15, 0.2) is 0 Å². The molecule has 1 fully saturated rings. The first-order valence-electron chi connectivity index (χ1n) is 5.76. The van der Waals surface area contributed by atoms with Crippen LogP contribution in [0.4, 0.5) is 4.39 Å². The van der Waals surface area contributed by atoms with Crippen LogP contribution < -0.4 is 5.32 Å². The minimum absolute atomic E-state index is 0.311. The standard InChI is InChI=1S/C13H16FNO/c1-10-4-6-11(7-5-10)13(14)8-2-3-9-15-12(13)16/h4-7H,2-3,8-9H2,1H3,(H,15,16)/p+1. The summed E-state index contributed by atoms with van der Waals surface area (Å²) in [4.78, 5) is 11.8. The highest BCUT2D eigenvalue weighted by Gasteiger charge is 2.44. The molecule has 3 heteroatoms. The highest BCUT2D eigenvalue weighted by atomic mass is 19.1. The van der Waals surface area contributed by atoms with Crippen LogP contribution in [0.3, 0.4) is 0 Å². The number of halogens is 1. The average molecular weight is 222 g/mol. The molecule has 0 spiro atoms. The van der Waals surface area contributed by atoms with E-state index in [4.69, 9.17) is 0 Å². The molecule has 2 nitrogen and oxygen atoms in total. The molecule has 0 aromatic heterocycles. The smallest absolute Gasteiger partial charge is 0.280 e. The van der Waals surface area contributed by atoms with Crippen LogP contribution in [0.1, 0.15) is 30.4 Å². The molecule has 0 bridgehead atoms. The molecule has 2 N–H and O–H groups in total. The number of primary amides is 1. The number of aryl methyl sites for hydroxylation is 1. The normalized spacial score (nSPS) is 26.5. The van der Waals surface area contributed by atoms with Crippen molar-refractivity contribution in [1.82, 2.24) is 0 Å². The summed E-state index contributed by atoms with van der Waals surface area (Å²) >= 11 is 0. The fourth-order valence-corrected chi connectivity index (χ4v) is 2.14. The lowest BCUT2D eigenvalue weighted by Gasteiger charge is -2.19. The summed E-state index contributed by atoms with van der Waals surface area (Å²) in [5, 5.41) is 1.51. The van der Waals surface area contributed by atoms with E-state index in [1.807, 2.05) is 19.1 Å². The monoisotopic (exact) mass is 222 g/mol. The fraction of sp³-hybridized carbons (Fsp3) is 0.462. The van der Waals surface area contributed by atoms with Crippen molar-refractivity contribution in [2.75, 3.05) is 6.54 Å². The Balaban J connectivity index is 2.34. The Hall–Kier alpha value is -1.22. The lowest BCUT2D eigenvalue weighted by atomic mass is 9.90. The van der Waals surface area contributed by atoms with E-state index in [0.29, 0.717) is 18.5 Å². The molecule has 1 aromatic rings. The van der Waals surface area contributed by atoms with Crippen molar-refractivity contribution in [1.29, 1.82) is 0 Å². The largest absolute Gasteiger partial charge is 0.352 e. The van der Waals surface area contributed by atoms with Gasteiger partial charge >= 0.3 is 5.91 Å². The first kappa shape index (κ1) is 11.3. The number of carbonyl (C=O) groups is 1. The maximum atomic E-state index is 14.7. The number of amides is 1. The van der Waals surface area contributed by atoms with Crippen LogP contribution in [-0.2, 0) is 10.5 Å². The Morgan fingerprint density at radius 1 is 1.25 bits per heavy atom. The zero-order valence-corrected chi connectivity index (χ0v) is 9.50. The van der Waals surface area contributed by atoms with E-state index >= 15 is 0 Å². The molecule has 1 aromatic carbocycles. The zero-order valence-electron chi connectivity index (χ0n) is 9.50. The van der Waals surface area contributed by atoms with E-state index in [1.54, 1.807) is 12.1 Å². The predicted molar refractivity (Wildman–Crippen MR) is 59.6 cm³/mol. The summed E-state index contributed by atoms with van der Waals surface area (Å²) in [5.74, 6) is -0.367. The topological polar surface area (TPSA) is 33.7 Å². The number of nitrogens with two attached hydrogens (primary N) is 1. The Labute approximate surface area is 94.9 Å². The van der Waals surface area contributed by atoms with Gasteiger partial charge < -0.3 is 0 Å². The second-order valence-corrected chi connectivity index (χ2v) is 4.48. The zero-order chi connectivity index (χ0) is 11.6. The van der Waals surface area contributed by atoms with Gasteiger partial charge in [0.25, 0.3) is 0 Å². The lowest BCUT2D eigenvalue weighted by Crippen LogP contribution is -2.90. The SMILES string of the molecule is Cc1ccc(C2(F)CCCC[NH2+]C2=O)cc1. The van der Waals surface area contributed by atoms with Crippen LogP contribution in [0, 0.1) is 6.92 Å².